The van der Waals surface area contributed by atoms with E-state index in [4.69, 9.17) is 9.84 Å². The maximum Gasteiger partial charge on any atom is 0.227 e. The molecular weight excluding hydrogens is 422 g/mol. The minimum atomic E-state index is -0.447. The van der Waals surface area contributed by atoms with Crippen molar-refractivity contribution in [2.75, 3.05) is 13.1 Å². The second kappa shape index (κ2) is 11.6. The molecule has 0 radical (unpaired) electrons. The van der Waals surface area contributed by atoms with E-state index in [1.807, 2.05) is 90.5 Å². The third kappa shape index (κ3) is 6.13. The van der Waals surface area contributed by atoms with Crippen LogP contribution in [0, 0.1) is 6.92 Å². The Bertz CT molecular complexity index is 1140. The van der Waals surface area contributed by atoms with Gasteiger partial charge in [-0.2, -0.15) is 5.10 Å². The topological polar surface area (TPSA) is 50.5 Å². The summed E-state index contributed by atoms with van der Waals surface area (Å²) >= 11 is 0. The molecule has 4 rings (SSSR count). The second-order valence-electron chi connectivity index (χ2n) is 8.61. The lowest BCUT2D eigenvalue weighted by Crippen LogP contribution is -2.34. The summed E-state index contributed by atoms with van der Waals surface area (Å²) in [5.41, 5.74) is 4.06. The minimum Gasteiger partial charge on any atom is -0.439 e. The monoisotopic (exact) mass is 455 g/mol. The van der Waals surface area contributed by atoms with Gasteiger partial charge < -0.3 is 9.84 Å². The van der Waals surface area contributed by atoms with E-state index in [0.717, 1.165) is 41.2 Å². The van der Waals surface area contributed by atoms with Gasteiger partial charge in [-0.15, -0.1) is 0 Å². The molecule has 0 fully saturated rings. The van der Waals surface area contributed by atoms with Crippen molar-refractivity contribution < 1.29 is 9.84 Å². The number of aliphatic hydroxyl groups is 1. The molecule has 1 aromatic heterocycles. The standard InChI is InChI=1S/C29H33N3O2/c1-3-19-31(21-26(33)20-24-13-7-4-8-14-24)22-28-23(2)30-32(25-15-9-5-10-16-25)29(28)34-27-17-11-6-12-18-27/h4-18,26,33H,3,19-22H2,1-2H3/t26-/m1/s1. The number of hydrogen-bond acceptors (Lipinski definition) is 4. The van der Waals surface area contributed by atoms with E-state index in [2.05, 4.69) is 24.0 Å². The van der Waals surface area contributed by atoms with Crippen molar-refractivity contribution in [2.45, 2.75) is 39.3 Å². The number of aliphatic hydroxyl groups excluding tert-OH is 1. The summed E-state index contributed by atoms with van der Waals surface area (Å²) in [6, 6.07) is 30.0. The lowest BCUT2D eigenvalue weighted by Gasteiger charge is -2.25. The molecule has 0 aliphatic rings. The molecule has 0 saturated heterocycles. The zero-order chi connectivity index (χ0) is 23.8. The maximum absolute atomic E-state index is 10.8. The molecule has 5 heteroatoms. The van der Waals surface area contributed by atoms with Gasteiger partial charge >= 0.3 is 0 Å². The molecule has 176 valence electrons. The first-order valence-corrected chi connectivity index (χ1v) is 11.9. The van der Waals surface area contributed by atoms with Crippen molar-refractivity contribution in [3.8, 4) is 17.3 Å². The smallest absolute Gasteiger partial charge is 0.227 e. The number of aromatic nitrogens is 2. The Morgan fingerprint density at radius 1 is 0.912 bits per heavy atom. The molecule has 3 aromatic carbocycles. The Morgan fingerprint density at radius 3 is 2.18 bits per heavy atom. The lowest BCUT2D eigenvalue weighted by atomic mass is 10.1. The largest absolute Gasteiger partial charge is 0.439 e. The molecule has 0 bridgehead atoms. The first-order valence-electron chi connectivity index (χ1n) is 11.9. The highest BCUT2D eigenvalue weighted by Crippen LogP contribution is 2.31. The molecule has 0 unspecified atom stereocenters. The van der Waals surface area contributed by atoms with Crippen LogP contribution >= 0.6 is 0 Å². The van der Waals surface area contributed by atoms with Gasteiger partial charge in [0.2, 0.25) is 5.88 Å². The minimum absolute atomic E-state index is 0.447. The average molecular weight is 456 g/mol. The summed E-state index contributed by atoms with van der Waals surface area (Å²) in [6.45, 7) is 6.31. The van der Waals surface area contributed by atoms with Crippen LogP contribution in [0.3, 0.4) is 0 Å². The third-order valence-electron chi connectivity index (χ3n) is 5.80. The zero-order valence-corrected chi connectivity index (χ0v) is 20.0. The fourth-order valence-electron chi connectivity index (χ4n) is 4.19. The van der Waals surface area contributed by atoms with Gasteiger partial charge in [-0.25, -0.2) is 4.68 Å². The van der Waals surface area contributed by atoms with Crippen LogP contribution in [0.4, 0.5) is 0 Å². The van der Waals surface area contributed by atoms with Crippen LogP contribution in [0.2, 0.25) is 0 Å². The summed E-state index contributed by atoms with van der Waals surface area (Å²) in [4.78, 5) is 2.30. The molecule has 1 atom stereocenters. The van der Waals surface area contributed by atoms with E-state index in [0.29, 0.717) is 25.4 Å². The van der Waals surface area contributed by atoms with E-state index >= 15 is 0 Å². The van der Waals surface area contributed by atoms with Crippen LogP contribution in [0.25, 0.3) is 5.69 Å². The van der Waals surface area contributed by atoms with Crippen LogP contribution in [0.5, 0.6) is 11.6 Å². The molecule has 0 amide bonds. The van der Waals surface area contributed by atoms with Gasteiger partial charge in [-0.3, -0.25) is 4.90 Å². The molecule has 4 aromatic rings. The number of hydrogen-bond donors (Lipinski definition) is 1. The summed E-state index contributed by atoms with van der Waals surface area (Å²) < 4.78 is 8.28. The molecule has 5 nitrogen and oxygen atoms in total. The molecule has 0 aliphatic carbocycles. The molecule has 34 heavy (non-hydrogen) atoms. The first-order chi connectivity index (χ1) is 16.6. The molecular formula is C29H33N3O2. The number of benzene rings is 3. The van der Waals surface area contributed by atoms with Crippen LogP contribution in [-0.2, 0) is 13.0 Å². The van der Waals surface area contributed by atoms with Gasteiger partial charge in [0.05, 0.1) is 23.0 Å². The van der Waals surface area contributed by atoms with E-state index in [-0.39, 0.29) is 0 Å². The van der Waals surface area contributed by atoms with Gasteiger partial charge in [0.15, 0.2) is 0 Å². The highest BCUT2D eigenvalue weighted by Gasteiger charge is 2.22. The number of ether oxygens (including phenoxy) is 1. The molecule has 0 spiro atoms. The van der Waals surface area contributed by atoms with Gasteiger partial charge in [0, 0.05) is 13.1 Å². The summed E-state index contributed by atoms with van der Waals surface area (Å²) in [5, 5.41) is 15.7. The van der Waals surface area contributed by atoms with Crippen LogP contribution in [-0.4, -0.2) is 39.0 Å². The van der Waals surface area contributed by atoms with Gasteiger partial charge in [0.1, 0.15) is 5.75 Å². The Balaban J connectivity index is 1.61. The predicted molar refractivity (Wildman–Crippen MR) is 137 cm³/mol. The van der Waals surface area contributed by atoms with E-state index < -0.39 is 6.10 Å². The van der Waals surface area contributed by atoms with Gasteiger partial charge in [-0.1, -0.05) is 73.7 Å². The molecule has 0 saturated carbocycles. The molecule has 1 N–H and O–H groups in total. The average Bonchev–Trinajstić information content (AvgIpc) is 3.16. The SMILES string of the molecule is CCCN(Cc1c(C)nn(-c2ccccc2)c1Oc1ccccc1)C[C@H](O)Cc1ccccc1. The lowest BCUT2D eigenvalue weighted by molar-refractivity contribution is 0.108. The van der Waals surface area contributed by atoms with Crippen molar-refractivity contribution in [1.82, 2.24) is 14.7 Å². The predicted octanol–water partition coefficient (Wildman–Crippen LogP) is 5.79. The van der Waals surface area contributed by atoms with Crippen molar-refractivity contribution in [2.24, 2.45) is 0 Å². The summed E-state index contributed by atoms with van der Waals surface area (Å²) in [7, 11) is 0. The zero-order valence-electron chi connectivity index (χ0n) is 20.0. The van der Waals surface area contributed by atoms with Crippen LogP contribution in [0.15, 0.2) is 91.0 Å². The van der Waals surface area contributed by atoms with Gasteiger partial charge in [-0.05, 0) is 56.1 Å². The fraction of sp³-hybridized carbons (Fsp3) is 0.276. The number of para-hydroxylation sites is 2. The van der Waals surface area contributed by atoms with Crippen molar-refractivity contribution in [3.05, 3.63) is 108 Å². The van der Waals surface area contributed by atoms with Crippen molar-refractivity contribution in [1.29, 1.82) is 0 Å². The van der Waals surface area contributed by atoms with Crippen LogP contribution in [0.1, 0.15) is 30.2 Å². The van der Waals surface area contributed by atoms with Crippen LogP contribution < -0.4 is 4.74 Å². The normalized spacial score (nSPS) is 12.1. The van der Waals surface area contributed by atoms with E-state index in [9.17, 15) is 5.11 Å². The van der Waals surface area contributed by atoms with Crippen molar-refractivity contribution in [3.63, 3.8) is 0 Å². The highest BCUT2D eigenvalue weighted by atomic mass is 16.5. The molecule has 1 heterocycles. The second-order valence-corrected chi connectivity index (χ2v) is 8.61. The van der Waals surface area contributed by atoms with Gasteiger partial charge in [0.25, 0.3) is 0 Å². The van der Waals surface area contributed by atoms with E-state index in [1.165, 1.54) is 0 Å². The quantitative estimate of drug-likeness (QED) is 0.311. The number of aryl methyl sites for hydroxylation is 1. The Kier molecular flexibility index (Phi) is 8.12. The van der Waals surface area contributed by atoms with Crippen molar-refractivity contribution >= 4 is 0 Å². The molecule has 0 aliphatic heterocycles. The first kappa shape index (κ1) is 23.7. The maximum atomic E-state index is 10.8. The summed E-state index contributed by atoms with van der Waals surface area (Å²) in [6.07, 6.45) is 1.19. The third-order valence-corrected chi connectivity index (χ3v) is 5.80. The fourth-order valence-corrected chi connectivity index (χ4v) is 4.19. The number of rotatable bonds is 11. The summed E-state index contributed by atoms with van der Waals surface area (Å²) in [5.74, 6) is 1.49. The van der Waals surface area contributed by atoms with E-state index in [1.54, 1.807) is 0 Å². The Hall–Kier alpha value is -3.41. The number of nitrogens with zero attached hydrogens (tertiary/aromatic N) is 3. The Morgan fingerprint density at radius 2 is 1.53 bits per heavy atom. The Labute approximate surface area is 202 Å². The highest BCUT2D eigenvalue weighted by molar-refractivity contribution is 5.43.